The molecule has 0 unspecified atom stereocenters. The summed E-state index contributed by atoms with van der Waals surface area (Å²) in [5.74, 6) is -1.42. The Morgan fingerprint density at radius 1 is 1.33 bits per heavy atom. The maximum atomic E-state index is 12.7. The van der Waals surface area contributed by atoms with Gasteiger partial charge in [0.05, 0.1) is 0 Å². The number of halogens is 5. The van der Waals surface area contributed by atoms with Crippen LogP contribution in [-0.2, 0) is 6.05 Å². The van der Waals surface area contributed by atoms with Gasteiger partial charge >= 0.3 is 12.2 Å². The first kappa shape index (κ1) is 11.4. The van der Waals surface area contributed by atoms with E-state index in [1.807, 2.05) is 0 Å². The lowest BCUT2D eigenvalue weighted by Gasteiger charge is -2.20. The third-order valence-electron chi connectivity index (χ3n) is 1.50. The van der Waals surface area contributed by atoms with Crippen LogP contribution in [0, 0.1) is 0 Å². The zero-order valence-electron chi connectivity index (χ0n) is 6.92. The minimum Gasteiger partial charge on any atom is -0.364 e. The third-order valence-corrected chi connectivity index (χ3v) is 1.50. The number of alkyl halides is 5. The molecule has 0 radical (unpaired) electrons. The van der Waals surface area contributed by atoms with Crippen molar-refractivity contribution in [2.45, 2.75) is 12.2 Å². The zero-order valence-corrected chi connectivity index (χ0v) is 6.92. The Morgan fingerprint density at radius 2 is 1.87 bits per heavy atom. The van der Waals surface area contributed by atoms with Gasteiger partial charge in [0.1, 0.15) is 5.69 Å². The van der Waals surface area contributed by atoms with Gasteiger partial charge in [-0.25, -0.2) is 0 Å². The van der Waals surface area contributed by atoms with Gasteiger partial charge in [-0.15, -0.1) is 0 Å². The number of nitrogens with two attached hydrogens (primary N) is 1. The predicted octanol–water partition coefficient (Wildman–Crippen LogP) is 1.09. The van der Waals surface area contributed by atoms with Crippen LogP contribution in [0.5, 0.6) is 0 Å². The molecule has 4 nitrogen and oxygen atoms in total. The Hall–Kier alpha value is -1.67. The number of carbonyl (C=O) groups excluding carboxylic acids is 1. The molecule has 1 heterocycles. The molecule has 1 rings (SSSR count). The van der Waals surface area contributed by atoms with Gasteiger partial charge in [-0.05, 0) is 6.07 Å². The summed E-state index contributed by atoms with van der Waals surface area (Å²) in [6.45, 7) is 0. The monoisotopic (exact) mass is 229 g/mol. The number of aromatic nitrogens is 2. The normalized spacial score (nSPS) is 12.9. The van der Waals surface area contributed by atoms with Crippen LogP contribution in [0.4, 0.5) is 22.0 Å². The molecule has 15 heavy (non-hydrogen) atoms. The lowest BCUT2D eigenvalue weighted by molar-refractivity contribution is -0.328. The minimum absolute atomic E-state index is 0.625. The van der Waals surface area contributed by atoms with E-state index in [0.717, 1.165) is 0 Å². The van der Waals surface area contributed by atoms with Gasteiger partial charge in [0.25, 0.3) is 5.91 Å². The first-order valence-electron chi connectivity index (χ1n) is 3.47. The van der Waals surface area contributed by atoms with Gasteiger partial charge in [0.2, 0.25) is 0 Å². The van der Waals surface area contributed by atoms with Crippen molar-refractivity contribution in [3.05, 3.63) is 18.0 Å². The standard InChI is InChI=1S/C6H4F5N3O/c7-5(8,9)6(10,11)14-3(4(12)15)1-2-13-14/h1-2H,(H2,12,15). The molecule has 0 saturated carbocycles. The van der Waals surface area contributed by atoms with E-state index >= 15 is 0 Å². The van der Waals surface area contributed by atoms with E-state index in [1.165, 1.54) is 0 Å². The van der Waals surface area contributed by atoms with Crippen LogP contribution in [0.25, 0.3) is 0 Å². The van der Waals surface area contributed by atoms with Gasteiger partial charge in [0.15, 0.2) is 0 Å². The highest BCUT2D eigenvalue weighted by atomic mass is 19.4. The summed E-state index contributed by atoms with van der Waals surface area (Å²) in [6, 6.07) is -4.59. The Kier molecular flexibility index (Phi) is 2.41. The average Bonchev–Trinajstić information content (AvgIpc) is 2.48. The Bertz CT molecular complexity index is 382. The summed E-state index contributed by atoms with van der Waals surface area (Å²) in [5, 5.41) is 2.72. The molecule has 1 aromatic rings. The molecular formula is C6H4F5N3O. The summed E-state index contributed by atoms with van der Waals surface area (Å²) in [6.07, 6.45) is -5.22. The Morgan fingerprint density at radius 3 is 2.27 bits per heavy atom. The molecule has 2 N–H and O–H groups in total. The highest BCUT2D eigenvalue weighted by Crippen LogP contribution is 2.39. The number of hydrogen-bond acceptors (Lipinski definition) is 2. The van der Waals surface area contributed by atoms with Crippen LogP contribution in [-0.4, -0.2) is 21.9 Å². The van der Waals surface area contributed by atoms with E-state index in [2.05, 4.69) is 10.8 Å². The minimum atomic E-state index is -5.84. The smallest absolute Gasteiger partial charge is 0.364 e. The Labute approximate surface area is 79.5 Å². The number of rotatable bonds is 2. The van der Waals surface area contributed by atoms with Crippen LogP contribution in [0.2, 0.25) is 0 Å². The van der Waals surface area contributed by atoms with E-state index < -0.39 is 28.5 Å². The van der Waals surface area contributed by atoms with Crippen molar-refractivity contribution >= 4 is 5.91 Å². The van der Waals surface area contributed by atoms with Crippen molar-refractivity contribution in [2.24, 2.45) is 5.73 Å². The lowest BCUT2D eigenvalue weighted by Crippen LogP contribution is -2.42. The molecule has 0 atom stereocenters. The molecular weight excluding hydrogens is 225 g/mol. The molecule has 0 spiro atoms. The highest BCUT2D eigenvalue weighted by molar-refractivity contribution is 5.90. The molecule has 0 fully saturated rings. The lowest BCUT2D eigenvalue weighted by atomic mass is 10.4. The number of carbonyl (C=O) groups is 1. The summed E-state index contributed by atoms with van der Waals surface area (Å²) in [4.78, 5) is 10.5. The van der Waals surface area contributed by atoms with Gasteiger partial charge in [-0.1, -0.05) is 0 Å². The van der Waals surface area contributed by atoms with Gasteiger partial charge < -0.3 is 5.73 Å². The molecule has 0 saturated heterocycles. The largest absolute Gasteiger partial charge is 0.477 e. The first-order chi connectivity index (χ1) is 6.68. The summed E-state index contributed by atoms with van der Waals surface area (Å²) >= 11 is 0. The molecule has 0 aliphatic rings. The summed E-state index contributed by atoms with van der Waals surface area (Å²) < 4.78 is 60.2. The van der Waals surface area contributed by atoms with Crippen LogP contribution < -0.4 is 5.73 Å². The van der Waals surface area contributed by atoms with Gasteiger partial charge in [-0.3, -0.25) is 4.79 Å². The number of hydrogen-bond donors (Lipinski definition) is 1. The number of nitrogens with zero attached hydrogens (tertiary/aromatic N) is 2. The van der Waals surface area contributed by atoms with Crippen molar-refractivity contribution in [3.63, 3.8) is 0 Å². The molecule has 0 aromatic carbocycles. The molecule has 9 heteroatoms. The average molecular weight is 229 g/mol. The fourth-order valence-electron chi connectivity index (χ4n) is 0.834. The zero-order chi connectivity index (χ0) is 11.9. The first-order valence-corrected chi connectivity index (χ1v) is 3.47. The van der Waals surface area contributed by atoms with E-state index in [4.69, 9.17) is 0 Å². The van der Waals surface area contributed by atoms with Crippen LogP contribution >= 0.6 is 0 Å². The van der Waals surface area contributed by atoms with E-state index in [-0.39, 0.29) is 0 Å². The third kappa shape index (κ3) is 1.76. The second-order valence-corrected chi connectivity index (χ2v) is 2.53. The second kappa shape index (κ2) is 3.17. The highest BCUT2D eigenvalue weighted by Gasteiger charge is 2.61. The summed E-state index contributed by atoms with van der Waals surface area (Å²) in [7, 11) is 0. The maximum Gasteiger partial charge on any atom is 0.477 e. The molecule has 84 valence electrons. The quantitative estimate of drug-likeness (QED) is 0.771. The van der Waals surface area contributed by atoms with E-state index in [9.17, 15) is 26.7 Å². The summed E-state index contributed by atoms with van der Waals surface area (Å²) in [5.41, 5.74) is 3.58. The number of amides is 1. The Balaban J connectivity index is 3.27. The second-order valence-electron chi connectivity index (χ2n) is 2.53. The van der Waals surface area contributed by atoms with Crippen molar-refractivity contribution < 1.29 is 26.7 Å². The van der Waals surface area contributed by atoms with Crippen LogP contribution in [0.15, 0.2) is 12.3 Å². The van der Waals surface area contributed by atoms with Crippen molar-refractivity contribution in [1.82, 2.24) is 9.78 Å². The molecule has 0 bridgehead atoms. The molecule has 1 aromatic heterocycles. The van der Waals surface area contributed by atoms with Gasteiger partial charge in [-0.2, -0.15) is 31.7 Å². The predicted molar refractivity (Wildman–Crippen MR) is 37.0 cm³/mol. The topological polar surface area (TPSA) is 60.9 Å². The van der Waals surface area contributed by atoms with E-state index in [1.54, 1.807) is 0 Å². The van der Waals surface area contributed by atoms with Crippen LogP contribution in [0.1, 0.15) is 10.5 Å². The van der Waals surface area contributed by atoms with Crippen molar-refractivity contribution in [2.75, 3.05) is 0 Å². The van der Waals surface area contributed by atoms with E-state index in [0.29, 0.717) is 12.3 Å². The van der Waals surface area contributed by atoms with Gasteiger partial charge in [0, 0.05) is 6.20 Å². The van der Waals surface area contributed by atoms with Crippen LogP contribution in [0.3, 0.4) is 0 Å². The molecule has 1 amide bonds. The number of primary amides is 1. The molecule has 0 aliphatic carbocycles. The SMILES string of the molecule is NC(=O)c1ccnn1C(F)(F)C(F)(F)F. The van der Waals surface area contributed by atoms with Crippen molar-refractivity contribution in [1.29, 1.82) is 0 Å². The maximum absolute atomic E-state index is 12.7. The molecule has 0 aliphatic heterocycles. The fourth-order valence-corrected chi connectivity index (χ4v) is 0.834. The fraction of sp³-hybridized carbons (Fsp3) is 0.333. The van der Waals surface area contributed by atoms with Crippen molar-refractivity contribution in [3.8, 4) is 0 Å².